The summed E-state index contributed by atoms with van der Waals surface area (Å²) in [6.07, 6.45) is -3.51. The SMILES string of the molecule is N#CC(CBr)c1nccc(C(F)(F)F)n1. The van der Waals surface area contributed by atoms with Gasteiger partial charge in [-0.25, -0.2) is 9.97 Å². The first-order valence-corrected chi connectivity index (χ1v) is 4.97. The molecule has 0 aliphatic rings. The quantitative estimate of drug-likeness (QED) is 0.782. The van der Waals surface area contributed by atoms with Gasteiger partial charge in [-0.15, -0.1) is 0 Å². The van der Waals surface area contributed by atoms with Crippen LogP contribution in [0.25, 0.3) is 0 Å². The number of alkyl halides is 4. The van der Waals surface area contributed by atoms with Gasteiger partial charge in [-0.3, -0.25) is 0 Å². The smallest absolute Gasteiger partial charge is 0.240 e. The van der Waals surface area contributed by atoms with Gasteiger partial charge in [-0.2, -0.15) is 18.4 Å². The van der Waals surface area contributed by atoms with E-state index in [1.54, 1.807) is 0 Å². The van der Waals surface area contributed by atoms with Crippen LogP contribution >= 0.6 is 15.9 Å². The zero-order chi connectivity index (χ0) is 11.5. The van der Waals surface area contributed by atoms with Crippen molar-refractivity contribution in [2.24, 2.45) is 0 Å². The predicted molar refractivity (Wildman–Crippen MR) is 49.2 cm³/mol. The average Bonchev–Trinajstić information content (AvgIpc) is 2.19. The normalized spacial score (nSPS) is 13.3. The Bertz CT molecular complexity index is 385. The van der Waals surface area contributed by atoms with Crippen molar-refractivity contribution in [2.75, 3.05) is 5.33 Å². The van der Waals surface area contributed by atoms with E-state index in [4.69, 9.17) is 5.26 Å². The van der Waals surface area contributed by atoms with Crippen molar-refractivity contribution < 1.29 is 13.2 Å². The zero-order valence-electron chi connectivity index (χ0n) is 7.29. The van der Waals surface area contributed by atoms with Crippen LogP contribution in [0.1, 0.15) is 17.4 Å². The van der Waals surface area contributed by atoms with Crippen LogP contribution in [0.2, 0.25) is 0 Å². The molecule has 1 unspecified atom stereocenters. The Balaban J connectivity index is 3.09. The third-order valence-corrected chi connectivity index (χ3v) is 2.23. The minimum absolute atomic E-state index is 0.121. The molecule has 1 heterocycles. The topological polar surface area (TPSA) is 49.6 Å². The van der Waals surface area contributed by atoms with E-state index in [-0.39, 0.29) is 11.2 Å². The van der Waals surface area contributed by atoms with Crippen molar-refractivity contribution in [2.45, 2.75) is 12.1 Å². The van der Waals surface area contributed by atoms with Gasteiger partial charge < -0.3 is 0 Å². The van der Waals surface area contributed by atoms with Crippen LogP contribution in [0.15, 0.2) is 12.3 Å². The van der Waals surface area contributed by atoms with Gasteiger partial charge in [-0.1, -0.05) is 15.9 Å². The van der Waals surface area contributed by atoms with Gasteiger partial charge in [0.1, 0.15) is 17.4 Å². The summed E-state index contributed by atoms with van der Waals surface area (Å²) >= 11 is 3.00. The van der Waals surface area contributed by atoms with Crippen LogP contribution in [-0.2, 0) is 6.18 Å². The van der Waals surface area contributed by atoms with Crippen molar-refractivity contribution in [3.05, 3.63) is 23.8 Å². The van der Waals surface area contributed by atoms with Crippen LogP contribution < -0.4 is 0 Å². The molecule has 0 aliphatic heterocycles. The maximum Gasteiger partial charge on any atom is 0.433 e. The highest BCUT2D eigenvalue weighted by Crippen LogP contribution is 2.27. The Morgan fingerprint density at radius 1 is 1.53 bits per heavy atom. The maximum atomic E-state index is 12.3. The minimum Gasteiger partial charge on any atom is -0.240 e. The first-order chi connectivity index (χ1) is 6.99. The summed E-state index contributed by atoms with van der Waals surface area (Å²) in [5, 5.41) is 8.83. The average molecular weight is 280 g/mol. The molecule has 7 heteroatoms. The molecule has 0 fully saturated rings. The fourth-order valence-corrected chi connectivity index (χ4v) is 1.30. The Labute approximate surface area is 92.1 Å². The molecule has 1 aromatic heterocycles. The minimum atomic E-state index is -4.51. The number of aromatic nitrogens is 2. The third-order valence-electron chi connectivity index (χ3n) is 1.59. The number of nitrogens with zero attached hydrogens (tertiary/aromatic N) is 3. The maximum absolute atomic E-state index is 12.3. The van der Waals surface area contributed by atoms with Crippen molar-refractivity contribution in [1.29, 1.82) is 5.26 Å². The van der Waals surface area contributed by atoms with E-state index in [9.17, 15) is 13.2 Å². The van der Waals surface area contributed by atoms with Gasteiger partial charge >= 0.3 is 6.18 Å². The highest BCUT2D eigenvalue weighted by molar-refractivity contribution is 9.09. The lowest BCUT2D eigenvalue weighted by atomic mass is 10.2. The Hall–Kier alpha value is -1.16. The monoisotopic (exact) mass is 279 g/mol. The van der Waals surface area contributed by atoms with E-state index < -0.39 is 17.8 Å². The van der Waals surface area contributed by atoms with Crippen LogP contribution in [0.4, 0.5) is 13.2 Å². The van der Waals surface area contributed by atoms with Gasteiger partial charge in [0.2, 0.25) is 0 Å². The van der Waals surface area contributed by atoms with Gasteiger partial charge in [0.05, 0.1) is 6.07 Å². The summed E-state index contributed by atoms with van der Waals surface area (Å²) in [7, 11) is 0. The molecule has 80 valence electrons. The standard InChI is InChI=1S/C8H5BrF3N3/c9-3-5(4-13)7-14-2-1-6(15-7)8(10,11)12/h1-2,5H,3H2. The Kier molecular flexibility index (Phi) is 3.63. The van der Waals surface area contributed by atoms with E-state index >= 15 is 0 Å². The summed E-state index contributed by atoms with van der Waals surface area (Å²) in [6, 6.07) is 2.58. The van der Waals surface area contributed by atoms with Crippen molar-refractivity contribution >= 4 is 15.9 Å². The highest BCUT2D eigenvalue weighted by Gasteiger charge is 2.33. The van der Waals surface area contributed by atoms with Gasteiger partial charge in [0.15, 0.2) is 0 Å². The van der Waals surface area contributed by atoms with Crippen LogP contribution in [0.5, 0.6) is 0 Å². The molecule has 0 saturated heterocycles. The molecule has 0 aromatic carbocycles. The first-order valence-electron chi connectivity index (χ1n) is 3.84. The van der Waals surface area contributed by atoms with Gasteiger partial charge in [0, 0.05) is 11.5 Å². The molecule has 1 atom stereocenters. The van der Waals surface area contributed by atoms with Crippen molar-refractivity contribution in [3.8, 4) is 6.07 Å². The molecule has 0 spiro atoms. The second-order valence-corrected chi connectivity index (χ2v) is 3.28. The molecule has 3 nitrogen and oxygen atoms in total. The lowest BCUT2D eigenvalue weighted by Crippen LogP contribution is -2.12. The molecule has 1 aromatic rings. The van der Waals surface area contributed by atoms with Crippen molar-refractivity contribution in [3.63, 3.8) is 0 Å². The lowest BCUT2D eigenvalue weighted by molar-refractivity contribution is -0.141. The molecule has 0 radical (unpaired) electrons. The number of hydrogen-bond acceptors (Lipinski definition) is 3. The molecular weight excluding hydrogens is 275 g/mol. The van der Waals surface area contributed by atoms with E-state index in [2.05, 4.69) is 25.9 Å². The van der Waals surface area contributed by atoms with Crippen LogP contribution in [-0.4, -0.2) is 15.3 Å². The third kappa shape index (κ3) is 2.89. The summed E-state index contributed by atoms with van der Waals surface area (Å²) in [6.45, 7) is 0. The number of hydrogen-bond donors (Lipinski definition) is 0. The molecule has 0 bridgehead atoms. The van der Waals surface area contributed by atoms with Gasteiger partial charge in [0.25, 0.3) is 0 Å². The van der Waals surface area contributed by atoms with Crippen LogP contribution in [0.3, 0.4) is 0 Å². The molecule has 0 saturated carbocycles. The highest BCUT2D eigenvalue weighted by atomic mass is 79.9. The Morgan fingerprint density at radius 2 is 2.20 bits per heavy atom. The van der Waals surface area contributed by atoms with Crippen molar-refractivity contribution in [1.82, 2.24) is 9.97 Å². The molecule has 0 amide bonds. The second kappa shape index (κ2) is 4.57. The van der Waals surface area contributed by atoms with E-state index in [0.717, 1.165) is 12.3 Å². The zero-order valence-corrected chi connectivity index (χ0v) is 8.88. The summed E-state index contributed by atoms with van der Waals surface area (Å²) in [5.74, 6) is -0.892. The van der Waals surface area contributed by atoms with Crippen LogP contribution in [0, 0.1) is 11.3 Å². The summed E-state index contributed by atoms with van der Waals surface area (Å²) in [5.41, 5.74) is -1.03. The summed E-state index contributed by atoms with van der Waals surface area (Å²) in [4.78, 5) is 6.93. The summed E-state index contributed by atoms with van der Waals surface area (Å²) < 4.78 is 36.8. The van der Waals surface area contributed by atoms with E-state index in [1.807, 2.05) is 6.07 Å². The number of nitriles is 1. The number of halogens is 4. The number of rotatable bonds is 2. The fourth-order valence-electron chi connectivity index (χ4n) is 0.861. The molecule has 0 aliphatic carbocycles. The molecule has 0 N–H and O–H groups in total. The van der Waals surface area contributed by atoms with E-state index in [1.165, 1.54) is 0 Å². The van der Waals surface area contributed by atoms with Gasteiger partial charge in [-0.05, 0) is 6.07 Å². The Morgan fingerprint density at radius 3 is 2.67 bits per heavy atom. The second-order valence-electron chi connectivity index (χ2n) is 2.63. The molecule has 1 rings (SSSR count). The lowest BCUT2D eigenvalue weighted by Gasteiger charge is -2.08. The molecular formula is C8H5BrF3N3. The largest absolute Gasteiger partial charge is 0.433 e. The van der Waals surface area contributed by atoms with E-state index in [0.29, 0.717) is 0 Å². The molecule has 15 heavy (non-hydrogen) atoms. The predicted octanol–water partition coefficient (Wildman–Crippen LogP) is 2.50. The fraction of sp³-hybridized carbons (Fsp3) is 0.375. The first kappa shape index (κ1) is 11.9.